The molecule has 1 aliphatic heterocycles. The molecule has 2 aromatic rings. The largest absolute Gasteiger partial charge is 0.381 e. The minimum atomic E-state index is 0.410. The quantitative estimate of drug-likeness (QED) is 0.946. The van der Waals surface area contributed by atoms with Gasteiger partial charge in [0.15, 0.2) is 0 Å². The van der Waals surface area contributed by atoms with Crippen molar-refractivity contribution in [2.45, 2.75) is 37.8 Å². The average molecular weight is 296 g/mol. The van der Waals surface area contributed by atoms with Crippen LogP contribution in [0.1, 0.15) is 25.7 Å². The number of nitrogens with zero attached hydrogens (tertiary/aromatic N) is 3. The van der Waals surface area contributed by atoms with Crippen LogP contribution in [0.5, 0.6) is 0 Å². The zero-order chi connectivity index (χ0) is 14.6. The Hall–Kier alpha value is -1.88. The third kappa shape index (κ3) is 1.63. The summed E-state index contributed by atoms with van der Waals surface area (Å²) in [6, 6.07) is 9.08. The van der Waals surface area contributed by atoms with Gasteiger partial charge in [-0.3, -0.25) is 4.57 Å². The van der Waals surface area contributed by atoms with Crippen LogP contribution < -0.4 is 5.32 Å². The molecule has 0 radical (unpaired) electrons. The fourth-order valence-electron chi connectivity index (χ4n) is 4.73. The predicted molar refractivity (Wildman–Crippen MR) is 82.9 cm³/mol. The van der Waals surface area contributed by atoms with Gasteiger partial charge in [0.25, 0.3) is 0 Å². The van der Waals surface area contributed by atoms with Crippen molar-refractivity contribution < 1.29 is 4.74 Å². The summed E-state index contributed by atoms with van der Waals surface area (Å²) in [5.74, 6) is 0.693. The van der Waals surface area contributed by atoms with E-state index in [-0.39, 0.29) is 0 Å². The van der Waals surface area contributed by atoms with E-state index in [2.05, 4.69) is 39.8 Å². The van der Waals surface area contributed by atoms with Crippen molar-refractivity contribution in [3.05, 3.63) is 36.9 Å². The summed E-state index contributed by atoms with van der Waals surface area (Å²) in [4.78, 5) is 0. The number of ether oxygens (including phenoxy) is 1. The molecule has 1 aromatic carbocycles. The predicted octanol–water partition coefficient (Wildman–Crippen LogP) is 2.64. The first-order valence-corrected chi connectivity index (χ1v) is 8.20. The summed E-state index contributed by atoms with van der Waals surface area (Å²) in [7, 11) is 0. The van der Waals surface area contributed by atoms with E-state index in [1.807, 2.05) is 4.57 Å². The second kappa shape index (κ2) is 4.56. The fourth-order valence-corrected chi connectivity index (χ4v) is 4.73. The van der Waals surface area contributed by atoms with Crippen LogP contribution in [-0.2, 0) is 4.74 Å². The van der Waals surface area contributed by atoms with Crippen molar-refractivity contribution in [3.8, 4) is 5.69 Å². The maximum Gasteiger partial charge on any atom is 0.123 e. The molecule has 114 valence electrons. The van der Waals surface area contributed by atoms with Crippen molar-refractivity contribution in [1.29, 1.82) is 0 Å². The van der Waals surface area contributed by atoms with E-state index < -0.39 is 0 Å². The summed E-state index contributed by atoms with van der Waals surface area (Å²) >= 11 is 0. The molecular weight excluding hydrogens is 276 g/mol. The molecule has 3 fully saturated rings. The highest BCUT2D eigenvalue weighted by molar-refractivity contribution is 5.53. The third-order valence-electron chi connectivity index (χ3n) is 5.92. The molecule has 2 aliphatic carbocycles. The van der Waals surface area contributed by atoms with Crippen LogP contribution in [0.15, 0.2) is 36.9 Å². The van der Waals surface area contributed by atoms with Crippen molar-refractivity contribution in [2.24, 2.45) is 11.3 Å². The lowest BCUT2D eigenvalue weighted by molar-refractivity contribution is -0.158. The number of nitrogens with one attached hydrogen (secondary N) is 1. The molecule has 3 unspecified atom stereocenters. The molecule has 5 heteroatoms. The number of anilines is 1. The van der Waals surface area contributed by atoms with Crippen LogP contribution in [0.4, 0.5) is 5.69 Å². The second-order valence-corrected chi connectivity index (χ2v) is 6.87. The number of rotatable bonds is 3. The number of aromatic nitrogens is 3. The topological polar surface area (TPSA) is 52.0 Å². The van der Waals surface area contributed by atoms with Gasteiger partial charge in [0.1, 0.15) is 12.7 Å². The number of hydrogen-bond acceptors (Lipinski definition) is 4. The maximum absolute atomic E-state index is 6.00. The first kappa shape index (κ1) is 12.6. The van der Waals surface area contributed by atoms with E-state index in [1.54, 1.807) is 12.7 Å². The van der Waals surface area contributed by atoms with Crippen LogP contribution in [0, 0.1) is 11.3 Å². The van der Waals surface area contributed by atoms with Crippen LogP contribution in [0.3, 0.4) is 0 Å². The van der Waals surface area contributed by atoms with Crippen LogP contribution in [0.25, 0.3) is 5.69 Å². The van der Waals surface area contributed by atoms with Crippen LogP contribution >= 0.6 is 0 Å². The van der Waals surface area contributed by atoms with Gasteiger partial charge in [-0.1, -0.05) is 12.5 Å². The SMILES string of the molecule is c1cc(NC2C3CCOC3C23CCC3)cc(-n2cnnc2)c1. The first-order chi connectivity index (χ1) is 10.9. The third-order valence-corrected chi connectivity index (χ3v) is 5.92. The van der Waals surface area contributed by atoms with E-state index in [9.17, 15) is 0 Å². The van der Waals surface area contributed by atoms with E-state index in [0.29, 0.717) is 23.5 Å². The Bertz CT molecular complexity index is 680. The van der Waals surface area contributed by atoms with Crippen molar-refractivity contribution in [3.63, 3.8) is 0 Å². The molecule has 1 spiro atoms. The van der Waals surface area contributed by atoms with Crippen LogP contribution in [-0.4, -0.2) is 33.5 Å². The Labute approximate surface area is 129 Å². The molecule has 2 heterocycles. The molecule has 1 N–H and O–H groups in total. The second-order valence-electron chi connectivity index (χ2n) is 6.87. The van der Waals surface area contributed by atoms with Crippen molar-refractivity contribution in [1.82, 2.24) is 14.8 Å². The molecule has 1 aromatic heterocycles. The number of hydrogen-bond donors (Lipinski definition) is 1. The summed E-state index contributed by atoms with van der Waals surface area (Å²) in [6.45, 7) is 0.940. The molecule has 0 amide bonds. The standard InChI is InChI=1S/C17H20N4O/c1-3-12(9-13(4-1)21-10-18-19-11-21)20-15-14-5-8-22-16(14)17(15)6-2-7-17/h1,3-4,9-11,14-16,20H,2,5-8H2. The van der Waals surface area contributed by atoms with Gasteiger partial charge in [-0.2, -0.15) is 0 Å². The van der Waals surface area contributed by atoms with Gasteiger partial charge in [0.2, 0.25) is 0 Å². The fraction of sp³-hybridized carbons (Fsp3) is 0.529. The molecule has 5 rings (SSSR count). The highest BCUT2D eigenvalue weighted by atomic mass is 16.5. The zero-order valence-corrected chi connectivity index (χ0v) is 12.5. The van der Waals surface area contributed by atoms with Gasteiger partial charge in [0, 0.05) is 29.7 Å². The molecule has 0 bridgehead atoms. The Balaban J connectivity index is 1.41. The Morgan fingerprint density at radius 3 is 2.86 bits per heavy atom. The minimum Gasteiger partial charge on any atom is -0.381 e. The van der Waals surface area contributed by atoms with Crippen LogP contribution in [0.2, 0.25) is 0 Å². The Morgan fingerprint density at radius 1 is 1.23 bits per heavy atom. The van der Waals surface area contributed by atoms with Gasteiger partial charge in [-0.15, -0.1) is 10.2 Å². The van der Waals surface area contributed by atoms with E-state index in [0.717, 1.165) is 12.3 Å². The smallest absolute Gasteiger partial charge is 0.123 e. The first-order valence-electron chi connectivity index (χ1n) is 8.20. The normalized spacial score (nSPS) is 31.4. The lowest BCUT2D eigenvalue weighted by atomic mass is 9.46. The number of fused-ring (bicyclic) bond motifs is 2. The lowest BCUT2D eigenvalue weighted by Gasteiger charge is -2.63. The van der Waals surface area contributed by atoms with E-state index in [1.165, 1.54) is 31.4 Å². The zero-order valence-electron chi connectivity index (χ0n) is 12.5. The Kier molecular flexibility index (Phi) is 2.62. The molecule has 3 atom stereocenters. The van der Waals surface area contributed by atoms with E-state index in [4.69, 9.17) is 4.74 Å². The van der Waals surface area contributed by atoms with Gasteiger partial charge in [0.05, 0.1) is 11.8 Å². The summed E-state index contributed by atoms with van der Waals surface area (Å²) in [5.41, 5.74) is 2.69. The molecule has 5 nitrogen and oxygen atoms in total. The van der Waals surface area contributed by atoms with Gasteiger partial charge in [-0.05, 0) is 37.5 Å². The van der Waals surface area contributed by atoms with Gasteiger partial charge >= 0.3 is 0 Å². The summed E-state index contributed by atoms with van der Waals surface area (Å²) in [6.07, 6.45) is 9.17. The summed E-state index contributed by atoms with van der Waals surface area (Å²) in [5, 5.41) is 11.6. The summed E-state index contributed by atoms with van der Waals surface area (Å²) < 4.78 is 7.94. The lowest BCUT2D eigenvalue weighted by Crippen LogP contribution is -2.68. The highest BCUT2D eigenvalue weighted by Crippen LogP contribution is 2.63. The monoisotopic (exact) mass is 296 g/mol. The molecule has 1 saturated heterocycles. The minimum absolute atomic E-state index is 0.410. The molecule has 3 aliphatic rings. The highest BCUT2D eigenvalue weighted by Gasteiger charge is 2.66. The molecule has 2 saturated carbocycles. The average Bonchev–Trinajstić information content (AvgIpc) is 3.14. The molecule has 22 heavy (non-hydrogen) atoms. The maximum atomic E-state index is 6.00. The van der Waals surface area contributed by atoms with Gasteiger partial charge in [-0.25, -0.2) is 0 Å². The van der Waals surface area contributed by atoms with Crippen molar-refractivity contribution in [2.75, 3.05) is 11.9 Å². The number of benzene rings is 1. The molecular formula is C17H20N4O. The van der Waals surface area contributed by atoms with Crippen molar-refractivity contribution >= 4 is 5.69 Å². The van der Waals surface area contributed by atoms with Gasteiger partial charge < -0.3 is 10.1 Å². The van der Waals surface area contributed by atoms with E-state index >= 15 is 0 Å². The Morgan fingerprint density at radius 2 is 2.09 bits per heavy atom.